The maximum absolute atomic E-state index is 12.3. The lowest BCUT2D eigenvalue weighted by Gasteiger charge is -2.27. The van der Waals surface area contributed by atoms with Crippen molar-refractivity contribution < 1.29 is 4.79 Å². The van der Waals surface area contributed by atoms with Crippen molar-refractivity contribution in [2.24, 2.45) is 5.92 Å². The van der Waals surface area contributed by atoms with Gasteiger partial charge in [-0.15, -0.1) is 0 Å². The third kappa shape index (κ3) is 3.56. The first kappa shape index (κ1) is 13.6. The summed E-state index contributed by atoms with van der Waals surface area (Å²) in [4.78, 5) is 14.1. The fraction of sp³-hybridized carbons (Fsp3) is 0.500. The number of hydrogen-bond acceptors (Lipinski definition) is 2. The highest BCUT2D eigenvalue weighted by Gasteiger charge is 2.23. The summed E-state index contributed by atoms with van der Waals surface area (Å²) in [5.41, 5.74) is 1.17. The lowest BCUT2D eigenvalue weighted by molar-refractivity contribution is -0.135. The number of rotatable bonds is 3. The summed E-state index contributed by atoms with van der Waals surface area (Å²) in [5.74, 6) is 0.478. The Balaban J connectivity index is 1.92. The number of hydrogen-bond donors (Lipinski definition) is 1. The van der Waals surface area contributed by atoms with Gasteiger partial charge in [0.15, 0.2) is 0 Å². The zero-order chi connectivity index (χ0) is 13.0. The average Bonchev–Trinajstić information content (AvgIpc) is 2.41. The second-order valence-electron chi connectivity index (χ2n) is 4.85. The Labute approximate surface area is 117 Å². The molecule has 1 fully saturated rings. The molecule has 1 aliphatic rings. The molecule has 98 valence electrons. The fourth-order valence-electron chi connectivity index (χ4n) is 2.32. The smallest absolute Gasteiger partial charge is 0.225 e. The first-order chi connectivity index (χ1) is 8.66. The van der Waals surface area contributed by atoms with Crippen LogP contribution in [0.1, 0.15) is 18.4 Å². The first-order valence-electron chi connectivity index (χ1n) is 6.37. The van der Waals surface area contributed by atoms with Crippen molar-refractivity contribution in [1.82, 2.24) is 10.2 Å². The van der Waals surface area contributed by atoms with Crippen LogP contribution in [0, 0.1) is 5.92 Å². The maximum atomic E-state index is 12.3. The van der Waals surface area contributed by atoms with Gasteiger partial charge in [-0.1, -0.05) is 28.1 Å². The van der Waals surface area contributed by atoms with E-state index in [-0.39, 0.29) is 11.8 Å². The van der Waals surface area contributed by atoms with Gasteiger partial charge < -0.3 is 10.2 Å². The minimum absolute atomic E-state index is 0.201. The van der Waals surface area contributed by atoms with E-state index in [1.54, 1.807) is 0 Å². The Bertz CT molecular complexity index is 399. The molecule has 2 rings (SSSR count). The largest absolute Gasteiger partial charge is 0.341 e. The van der Waals surface area contributed by atoms with E-state index in [1.807, 2.05) is 24.1 Å². The molecule has 0 aliphatic carbocycles. The number of halogens is 1. The van der Waals surface area contributed by atoms with Gasteiger partial charge >= 0.3 is 0 Å². The predicted molar refractivity (Wildman–Crippen MR) is 76.2 cm³/mol. The van der Waals surface area contributed by atoms with Crippen molar-refractivity contribution in [3.63, 3.8) is 0 Å². The van der Waals surface area contributed by atoms with E-state index in [0.29, 0.717) is 6.54 Å². The summed E-state index contributed by atoms with van der Waals surface area (Å²) in [6.45, 7) is 2.61. The Hall–Kier alpha value is -0.870. The highest BCUT2D eigenvalue weighted by molar-refractivity contribution is 9.10. The minimum Gasteiger partial charge on any atom is -0.341 e. The van der Waals surface area contributed by atoms with Crippen molar-refractivity contribution in [2.45, 2.75) is 19.4 Å². The van der Waals surface area contributed by atoms with E-state index in [9.17, 15) is 4.79 Å². The van der Waals surface area contributed by atoms with Gasteiger partial charge in [0.2, 0.25) is 5.91 Å². The number of piperidine rings is 1. The van der Waals surface area contributed by atoms with Crippen LogP contribution in [0.3, 0.4) is 0 Å². The van der Waals surface area contributed by atoms with E-state index in [2.05, 4.69) is 33.4 Å². The van der Waals surface area contributed by atoms with E-state index in [1.165, 1.54) is 5.56 Å². The zero-order valence-electron chi connectivity index (χ0n) is 10.7. The third-order valence-electron chi connectivity index (χ3n) is 3.40. The van der Waals surface area contributed by atoms with Gasteiger partial charge in [-0.2, -0.15) is 0 Å². The van der Waals surface area contributed by atoms with Gasteiger partial charge in [-0.05, 0) is 43.6 Å². The molecule has 0 bridgehead atoms. The second-order valence-corrected chi connectivity index (χ2v) is 5.76. The number of benzene rings is 1. The van der Waals surface area contributed by atoms with Gasteiger partial charge in [0.25, 0.3) is 0 Å². The molecule has 1 aromatic rings. The molecule has 3 nitrogen and oxygen atoms in total. The highest BCUT2D eigenvalue weighted by Crippen LogP contribution is 2.17. The molecule has 1 aliphatic heterocycles. The van der Waals surface area contributed by atoms with E-state index in [4.69, 9.17) is 0 Å². The summed E-state index contributed by atoms with van der Waals surface area (Å²) in [7, 11) is 1.90. The molecule has 0 aromatic heterocycles. The monoisotopic (exact) mass is 310 g/mol. The fourth-order valence-corrected chi connectivity index (χ4v) is 2.59. The molecule has 4 heteroatoms. The minimum atomic E-state index is 0.201. The summed E-state index contributed by atoms with van der Waals surface area (Å²) >= 11 is 3.42. The molecule has 0 atom stereocenters. The summed E-state index contributed by atoms with van der Waals surface area (Å²) in [6.07, 6.45) is 1.92. The predicted octanol–water partition coefficient (Wildman–Crippen LogP) is 2.41. The summed E-state index contributed by atoms with van der Waals surface area (Å²) < 4.78 is 1.07. The van der Waals surface area contributed by atoms with E-state index >= 15 is 0 Å². The topological polar surface area (TPSA) is 32.3 Å². The molecule has 1 saturated heterocycles. The second kappa shape index (κ2) is 6.34. The number of nitrogens with zero attached hydrogens (tertiary/aromatic N) is 1. The van der Waals surface area contributed by atoms with Crippen LogP contribution in [0.2, 0.25) is 0 Å². The van der Waals surface area contributed by atoms with Crippen molar-refractivity contribution in [3.05, 3.63) is 34.3 Å². The molecule has 18 heavy (non-hydrogen) atoms. The lowest BCUT2D eigenvalue weighted by atomic mass is 9.96. The van der Waals surface area contributed by atoms with Crippen LogP contribution < -0.4 is 5.32 Å². The lowest BCUT2D eigenvalue weighted by Crippen LogP contribution is -2.38. The molecular formula is C14H19BrN2O. The van der Waals surface area contributed by atoms with Crippen LogP contribution in [0.5, 0.6) is 0 Å². The number of amides is 1. The van der Waals surface area contributed by atoms with Crippen molar-refractivity contribution in [2.75, 3.05) is 20.1 Å². The van der Waals surface area contributed by atoms with Crippen LogP contribution in [0.15, 0.2) is 28.7 Å². The number of carbonyl (C=O) groups excluding carboxylic acids is 1. The van der Waals surface area contributed by atoms with Crippen molar-refractivity contribution in [1.29, 1.82) is 0 Å². The zero-order valence-corrected chi connectivity index (χ0v) is 12.2. The Morgan fingerprint density at radius 2 is 1.94 bits per heavy atom. The Morgan fingerprint density at radius 1 is 1.33 bits per heavy atom. The van der Waals surface area contributed by atoms with Crippen molar-refractivity contribution >= 4 is 21.8 Å². The SMILES string of the molecule is CN(Cc1ccc(Br)cc1)C(=O)C1CCNCC1. The molecular weight excluding hydrogens is 292 g/mol. The van der Waals surface area contributed by atoms with Gasteiger partial charge in [0, 0.05) is 24.0 Å². The van der Waals surface area contributed by atoms with E-state index < -0.39 is 0 Å². The molecule has 0 saturated carbocycles. The van der Waals surface area contributed by atoms with Crippen LogP contribution in [0.25, 0.3) is 0 Å². The standard InChI is InChI=1S/C14H19BrN2O/c1-17(10-11-2-4-13(15)5-3-11)14(18)12-6-8-16-9-7-12/h2-5,12,16H,6-10H2,1H3. The summed E-state index contributed by atoms with van der Waals surface area (Å²) in [5, 5.41) is 3.29. The number of nitrogens with one attached hydrogen (secondary N) is 1. The molecule has 1 N–H and O–H groups in total. The normalized spacial score (nSPS) is 16.6. The van der Waals surface area contributed by atoms with Gasteiger partial charge in [-0.25, -0.2) is 0 Å². The Morgan fingerprint density at radius 3 is 2.56 bits per heavy atom. The maximum Gasteiger partial charge on any atom is 0.225 e. The molecule has 0 radical (unpaired) electrons. The molecule has 1 amide bonds. The molecule has 1 heterocycles. The number of carbonyl (C=O) groups is 1. The van der Waals surface area contributed by atoms with Crippen LogP contribution in [0.4, 0.5) is 0 Å². The highest BCUT2D eigenvalue weighted by atomic mass is 79.9. The molecule has 0 spiro atoms. The van der Waals surface area contributed by atoms with Gasteiger partial charge in [-0.3, -0.25) is 4.79 Å². The summed E-state index contributed by atoms with van der Waals surface area (Å²) in [6, 6.07) is 8.13. The van der Waals surface area contributed by atoms with Crippen molar-refractivity contribution in [3.8, 4) is 0 Å². The first-order valence-corrected chi connectivity index (χ1v) is 7.16. The van der Waals surface area contributed by atoms with E-state index in [0.717, 1.165) is 30.4 Å². The average molecular weight is 311 g/mol. The van der Waals surface area contributed by atoms with Gasteiger partial charge in [0.1, 0.15) is 0 Å². The van der Waals surface area contributed by atoms with Gasteiger partial charge in [0.05, 0.1) is 0 Å². The molecule has 1 aromatic carbocycles. The van der Waals surface area contributed by atoms with Crippen LogP contribution >= 0.6 is 15.9 Å². The van der Waals surface area contributed by atoms with Crippen LogP contribution in [-0.2, 0) is 11.3 Å². The Kier molecular flexibility index (Phi) is 4.78. The third-order valence-corrected chi connectivity index (χ3v) is 3.93. The quantitative estimate of drug-likeness (QED) is 0.930. The molecule has 0 unspecified atom stereocenters. The van der Waals surface area contributed by atoms with Crippen LogP contribution in [-0.4, -0.2) is 30.9 Å².